The smallest absolute Gasteiger partial charge is 0.256 e. The Morgan fingerprint density at radius 1 is 1.38 bits per heavy atom. The SMILES string of the molecule is Cn1cnc2c(c1=O)CCN(S(=O)(=O)c1ccc(C#N)c(Cl)c1)C2. The van der Waals surface area contributed by atoms with Crippen LogP contribution in [-0.2, 0) is 30.0 Å². The minimum atomic E-state index is -3.78. The van der Waals surface area contributed by atoms with E-state index in [9.17, 15) is 13.2 Å². The quantitative estimate of drug-likeness (QED) is 0.793. The molecule has 0 atom stereocenters. The van der Waals surface area contributed by atoms with Crippen molar-refractivity contribution in [2.24, 2.45) is 7.05 Å². The predicted octanol–water partition coefficient (Wildman–Crippen LogP) is 1.05. The molecular weight excluding hydrogens is 352 g/mol. The summed E-state index contributed by atoms with van der Waals surface area (Å²) in [6.07, 6.45) is 1.69. The van der Waals surface area contributed by atoms with Gasteiger partial charge >= 0.3 is 0 Å². The van der Waals surface area contributed by atoms with Crippen molar-refractivity contribution < 1.29 is 8.42 Å². The van der Waals surface area contributed by atoms with Gasteiger partial charge in [0.2, 0.25) is 10.0 Å². The largest absolute Gasteiger partial charge is 0.302 e. The first-order valence-electron chi connectivity index (χ1n) is 7.08. The minimum absolute atomic E-state index is 0.0128. The van der Waals surface area contributed by atoms with E-state index in [2.05, 4.69) is 4.98 Å². The molecule has 1 aromatic heterocycles. The fourth-order valence-corrected chi connectivity index (χ4v) is 4.31. The number of benzene rings is 1. The zero-order chi connectivity index (χ0) is 17.5. The molecule has 0 N–H and O–H groups in total. The third-order valence-corrected chi connectivity index (χ3v) is 6.10. The van der Waals surface area contributed by atoms with Gasteiger partial charge in [0.1, 0.15) is 6.07 Å². The van der Waals surface area contributed by atoms with Crippen molar-refractivity contribution in [3.8, 4) is 6.07 Å². The summed E-state index contributed by atoms with van der Waals surface area (Å²) in [6, 6.07) is 5.89. The highest BCUT2D eigenvalue weighted by Gasteiger charge is 2.30. The molecule has 0 saturated heterocycles. The summed E-state index contributed by atoms with van der Waals surface area (Å²) < 4.78 is 28.2. The number of sulfonamides is 1. The minimum Gasteiger partial charge on any atom is -0.302 e. The van der Waals surface area contributed by atoms with E-state index in [0.29, 0.717) is 17.7 Å². The lowest BCUT2D eigenvalue weighted by Crippen LogP contribution is -2.40. The van der Waals surface area contributed by atoms with Gasteiger partial charge in [-0.15, -0.1) is 0 Å². The van der Waals surface area contributed by atoms with Crippen molar-refractivity contribution in [3.63, 3.8) is 0 Å². The number of fused-ring (bicyclic) bond motifs is 1. The molecule has 0 unspecified atom stereocenters. The Balaban J connectivity index is 1.97. The van der Waals surface area contributed by atoms with Gasteiger partial charge in [0, 0.05) is 19.2 Å². The van der Waals surface area contributed by atoms with E-state index < -0.39 is 10.0 Å². The molecule has 7 nitrogen and oxygen atoms in total. The molecule has 0 aliphatic carbocycles. The van der Waals surface area contributed by atoms with E-state index in [1.54, 1.807) is 7.05 Å². The van der Waals surface area contributed by atoms with E-state index in [0.717, 1.165) is 0 Å². The number of halogens is 1. The first-order valence-corrected chi connectivity index (χ1v) is 8.89. The van der Waals surface area contributed by atoms with E-state index in [4.69, 9.17) is 16.9 Å². The fourth-order valence-electron chi connectivity index (χ4n) is 2.59. The van der Waals surface area contributed by atoms with Gasteiger partial charge in [-0.3, -0.25) is 4.79 Å². The molecule has 1 aliphatic heterocycles. The molecular formula is C15H13ClN4O3S. The topological polar surface area (TPSA) is 96.1 Å². The average Bonchev–Trinajstić information content (AvgIpc) is 2.57. The lowest BCUT2D eigenvalue weighted by molar-refractivity contribution is 0.382. The second-order valence-electron chi connectivity index (χ2n) is 5.43. The van der Waals surface area contributed by atoms with Gasteiger partial charge in [-0.2, -0.15) is 9.57 Å². The van der Waals surface area contributed by atoms with E-state index in [1.165, 1.54) is 33.4 Å². The van der Waals surface area contributed by atoms with Gasteiger partial charge < -0.3 is 4.57 Å². The van der Waals surface area contributed by atoms with E-state index in [-0.39, 0.29) is 34.1 Å². The lowest BCUT2D eigenvalue weighted by atomic mass is 10.1. The molecule has 0 saturated carbocycles. The molecule has 24 heavy (non-hydrogen) atoms. The summed E-state index contributed by atoms with van der Waals surface area (Å²) >= 11 is 5.93. The van der Waals surface area contributed by atoms with Crippen molar-refractivity contribution in [3.05, 3.63) is 56.7 Å². The second kappa shape index (κ2) is 6.02. The molecule has 1 aromatic carbocycles. The number of aromatic nitrogens is 2. The Labute approximate surface area is 143 Å². The van der Waals surface area contributed by atoms with Crippen LogP contribution in [0.2, 0.25) is 5.02 Å². The average molecular weight is 365 g/mol. The summed E-state index contributed by atoms with van der Waals surface area (Å²) in [7, 11) is -2.18. The molecule has 0 fully saturated rings. The van der Waals surface area contributed by atoms with Gasteiger partial charge in [0.15, 0.2) is 0 Å². The van der Waals surface area contributed by atoms with Gasteiger partial charge in [-0.25, -0.2) is 13.4 Å². The summed E-state index contributed by atoms with van der Waals surface area (Å²) in [5, 5.41) is 8.97. The molecule has 1 aliphatic rings. The molecule has 0 amide bonds. The van der Waals surface area contributed by atoms with Crippen LogP contribution in [0.4, 0.5) is 0 Å². The zero-order valence-corrected chi connectivity index (χ0v) is 14.3. The van der Waals surface area contributed by atoms with E-state index >= 15 is 0 Å². The van der Waals surface area contributed by atoms with Crippen molar-refractivity contribution in [1.82, 2.24) is 13.9 Å². The summed E-state index contributed by atoms with van der Waals surface area (Å²) in [5.74, 6) is 0. The molecule has 2 heterocycles. The maximum Gasteiger partial charge on any atom is 0.256 e. The molecule has 124 valence electrons. The van der Waals surface area contributed by atoms with E-state index in [1.807, 2.05) is 6.07 Å². The first kappa shape index (κ1) is 16.6. The predicted molar refractivity (Wildman–Crippen MR) is 86.9 cm³/mol. The van der Waals surface area contributed by atoms with Crippen LogP contribution in [0.3, 0.4) is 0 Å². The Morgan fingerprint density at radius 2 is 2.12 bits per heavy atom. The summed E-state index contributed by atoms with van der Waals surface area (Å²) in [4.78, 5) is 16.2. The number of rotatable bonds is 2. The van der Waals surface area contributed by atoms with Crippen LogP contribution in [0.5, 0.6) is 0 Å². The van der Waals surface area contributed by atoms with Crippen LogP contribution in [0.15, 0.2) is 34.2 Å². The van der Waals surface area contributed by atoms with Crippen LogP contribution in [-0.4, -0.2) is 28.8 Å². The van der Waals surface area contributed by atoms with Crippen molar-refractivity contribution in [2.75, 3.05) is 6.54 Å². The standard InChI is InChI=1S/C15H13ClN4O3S/c1-19-9-18-14-8-20(5-4-12(14)15(19)21)24(22,23)11-3-2-10(7-17)13(16)6-11/h2-3,6,9H,4-5,8H2,1H3. The zero-order valence-electron chi connectivity index (χ0n) is 12.7. The van der Waals surface area contributed by atoms with Gasteiger partial charge in [-0.1, -0.05) is 11.6 Å². The number of nitrogens with zero attached hydrogens (tertiary/aromatic N) is 4. The molecule has 3 rings (SSSR count). The fraction of sp³-hybridized carbons (Fsp3) is 0.267. The number of hydrogen-bond donors (Lipinski definition) is 0. The molecule has 0 bridgehead atoms. The lowest BCUT2D eigenvalue weighted by Gasteiger charge is -2.27. The van der Waals surface area contributed by atoms with Crippen LogP contribution >= 0.6 is 11.6 Å². The van der Waals surface area contributed by atoms with Gasteiger partial charge in [0.05, 0.1) is 34.0 Å². The maximum atomic E-state index is 12.8. The summed E-state index contributed by atoms with van der Waals surface area (Å²) in [6.45, 7) is 0.221. The third-order valence-electron chi connectivity index (χ3n) is 3.95. The molecule has 9 heteroatoms. The molecule has 0 spiro atoms. The first-order chi connectivity index (χ1) is 11.3. The molecule has 2 aromatic rings. The number of hydrogen-bond acceptors (Lipinski definition) is 5. The van der Waals surface area contributed by atoms with Crippen LogP contribution < -0.4 is 5.56 Å². The Morgan fingerprint density at radius 3 is 2.79 bits per heavy atom. The summed E-state index contributed by atoms with van der Waals surface area (Å²) in [5.41, 5.74) is 1.07. The Kier molecular flexibility index (Phi) is 4.17. The van der Waals surface area contributed by atoms with Crippen LogP contribution in [0.1, 0.15) is 16.8 Å². The number of aryl methyl sites for hydroxylation is 1. The second-order valence-corrected chi connectivity index (χ2v) is 7.77. The third kappa shape index (κ3) is 2.71. The highest BCUT2D eigenvalue weighted by molar-refractivity contribution is 7.89. The Hall–Kier alpha value is -2.21. The maximum absolute atomic E-state index is 12.8. The van der Waals surface area contributed by atoms with Crippen molar-refractivity contribution in [2.45, 2.75) is 17.9 Å². The highest BCUT2D eigenvalue weighted by Crippen LogP contribution is 2.26. The van der Waals surface area contributed by atoms with Crippen molar-refractivity contribution in [1.29, 1.82) is 5.26 Å². The monoisotopic (exact) mass is 364 g/mol. The van der Waals surface area contributed by atoms with Crippen LogP contribution in [0, 0.1) is 11.3 Å². The van der Waals surface area contributed by atoms with Gasteiger partial charge in [0.25, 0.3) is 5.56 Å². The normalized spacial score (nSPS) is 14.9. The Bertz CT molecular complexity index is 1020. The van der Waals surface area contributed by atoms with Crippen LogP contribution in [0.25, 0.3) is 0 Å². The number of nitriles is 1. The van der Waals surface area contributed by atoms with Gasteiger partial charge in [-0.05, 0) is 24.6 Å². The van der Waals surface area contributed by atoms with Crippen molar-refractivity contribution >= 4 is 21.6 Å². The highest BCUT2D eigenvalue weighted by atomic mass is 35.5. The molecule has 0 radical (unpaired) electrons.